The normalized spacial score (nSPS) is 31.1. The number of hydrogen-bond acceptors (Lipinski definition) is 3. The molecule has 1 saturated carbocycles. The Kier molecular flexibility index (Phi) is 3.52. The molecule has 0 aromatic heterocycles. The van der Waals surface area contributed by atoms with E-state index in [4.69, 9.17) is 9.47 Å². The van der Waals surface area contributed by atoms with E-state index in [1.165, 1.54) is 24.8 Å². The smallest absolute Gasteiger partial charge is 0.118 e. The van der Waals surface area contributed by atoms with Crippen molar-refractivity contribution in [1.29, 1.82) is 0 Å². The van der Waals surface area contributed by atoms with Gasteiger partial charge in [0.2, 0.25) is 0 Å². The molecule has 3 nitrogen and oxygen atoms in total. The van der Waals surface area contributed by atoms with Crippen molar-refractivity contribution in [3.63, 3.8) is 0 Å². The van der Waals surface area contributed by atoms with Crippen molar-refractivity contribution in [1.82, 2.24) is 5.32 Å². The topological polar surface area (TPSA) is 30.5 Å². The van der Waals surface area contributed by atoms with Crippen LogP contribution < -0.4 is 10.1 Å². The third-order valence-corrected chi connectivity index (χ3v) is 4.13. The van der Waals surface area contributed by atoms with Gasteiger partial charge in [-0.15, -0.1) is 0 Å². The van der Waals surface area contributed by atoms with Crippen LogP contribution in [0.4, 0.5) is 0 Å². The Bertz CT molecular complexity index is 378. The molecule has 1 aromatic rings. The van der Waals surface area contributed by atoms with E-state index in [1.54, 1.807) is 7.11 Å². The number of hydrogen-bond donors (Lipinski definition) is 1. The zero-order valence-electron chi connectivity index (χ0n) is 10.9. The molecule has 0 spiro atoms. The van der Waals surface area contributed by atoms with E-state index < -0.39 is 0 Å². The Morgan fingerprint density at radius 2 is 1.94 bits per heavy atom. The highest BCUT2D eigenvalue weighted by molar-refractivity contribution is 5.30. The van der Waals surface area contributed by atoms with E-state index in [9.17, 15) is 0 Å². The predicted octanol–water partition coefficient (Wildman–Crippen LogP) is 2.32. The Hall–Kier alpha value is -1.06. The summed E-state index contributed by atoms with van der Waals surface area (Å²) >= 11 is 0. The van der Waals surface area contributed by atoms with Gasteiger partial charge in [0.15, 0.2) is 0 Å². The van der Waals surface area contributed by atoms with Crippen LogP contribution in [0.3, 0.4) is 0 Å². The number of benzene rings is 1. The third-order valence-electron chi connectivity index (χ3n) is 4.13. The quantitative estimate of drug-likeness (QED) is 0.885. The first kappa shape index (κ1) is 12.0. The highest BCUT2D eigenvalue weighted by Crippen LogP contribution is 2.37. The van der Waals surface area contributed by atoms with Crippen LogP contribution in [-0.2, 0) is 4.74 Å². The molecule has 0 amide bonds. The van der Waals surface area contributed by atoms with Crippen molar-refractivity contribution in [2.45, 2.75) is 37.3 Å². The van der Waals surface area contributed by atoms with E-state index in [0.29, 0.717) is 12.1 Å². The van der Waals surface area contributed by atoms with Gasteiger partial charge in [0.1, 0.15) is 5.75 Å². The van der Waals surface area contributed by atoms with Crippen molar-refractivity contribution < 1.29 is 9.47 Å². The van der Waals surface area contributed by atoms with Crippen molar-refractivity contribution in [3.05, 3.63) is 29.8 Å². The molecule has 1 aliphatic heterocycles. The van der Waals surface area contributed by atoms with Crippen molar-refractivity contribution >= 4 is 0 Å². The van der Waals surface area contributed by atoms with E-state index in [0.717, 1.165) is 24.9 Å². The van der Waals surface area contributed by atoms with Crippen LogP contribution in [0.25, 0.3) is 0 Å². The van der Waals surface area contributed by atoms with Crippen LogP contribution in [0.1, 0.15) is 30.7 Å². The molecule has 0 bridgehead atoms. The lowest BCUT2D eigenvalue weighted by Crippen LogP contribution is -2.45. The molecule has 1 aromatic carbocycles. The van der Waals surface area contributed by atoms with E-state index in [1.807, 2.05) is 0 Å². The standard InChI is InChI=1S/C15H21NO2/c1-17-15-4-2-11(3-5-15)12-8-14(9-12)16-13-6-7-18-10-13/h2-5,12-14,16H,6-10H2,1H3. The molecule has 3 heteroatoms. The second-order valence-corrected chi connectivity index (χ2v) is 5.37. The van der Waals surface area contributed by atoms with Gasteiger partial charge in [-0.25, -0.2) is 0 Å². The van der Waals surface area contributed by atoms with Gasteiger partial charge in [-0.2, -0.15) is 0 Å². The van der Waals surface area contributed by atoms with Crippen LogP contribution in [0.15, 0.2) is 24.3 Å². The van der Waals surface area contributed by atoms with E-state index >= 15 is 0 Å². The molecule has 1 unspecified atom stereocenters. The van der Waals surface area contributed by atoms with Gasteiger partial charge in [0, 0.05) is 18.7 Å². The van der Waals surface area contributed by atoms with Gasteiger partial charge in [-0.05, 0) is 42.9 Å². The van der Waals surface area contributed by atoms with Crippen molar-refractivity contribution in [3.8, 4) is 5.75 Å². The third kappa shape index (κ3) is 2.52. The number of rotatable bonds is 4. The van der Waals surface area contributed by atoms with Gasteiger partial charge in [-0.3, -0.25) is 0 Å². The SMILES string of the molecule is COc1ccc(C2CC(NC3CCOC3)C2)cc1. The first-order valence-corrected chi connectivity index (χ1v) is 6.83. The van der Waals surface area contributed by atoms with E-state index in [2.05, 4.69) is 29.6 Å². The summed E-state index contributed by atoms with van der Waals surface area (Å²) in [6.45, 7) is 1.82. The largest absolute Gasteiger partial charge is 0.497 e. The maximum absolute atomic E-state index is 5.39. The highest BCUT2D eigenvalue weighted by atomic mass is 16.5. The van der Waals surface area contributed by atoms with Crippen molar-refractivity contribution in [2.24, 2.45) is 0 Å². The Morgan fingerprint density at radius 3 is 2.56 bits per heavy atom. The zero-order valence-corrected chi connectivity index (χ0v) is 10.9. The van der Waals surface area contributed by atoms with Gasteiger partial charge in [0.25, 0.3) is 0 Å². The maximum Gasteiger partial charge on any atom is 0.118 e. The lowest BCUT2D eigenvalue weighted by molar-refractivity contribution is 0.180. The van der Waals surface area contributed by atoms with Gasteiger partial charge < -0.3 is 14.8 Å². The second kappa shape index (κ2) is 5.29. The number of ether oxygens (including phenoxy) is 2. The summed E-state index contributed by atoms with van der Waals surface area (Å²) in [4.78, 5) is 0. The maximum atomic E-state index is 5.39. The predicted molar refractivity (Wildman–Crippen MR) is 71.1 cm³/mol. The molecule has 0 radical (unpaired) electrons. The fraction of sp³-hybridized carbons (Fsp3) is 0.600. The second-order valence-electron chi connectivity index (χ2n) is 5.37. The van der Waals surface area contributed by atoms with Crippen LogP contribution in [0.5, 0.6) is 5.75 Å². The summed E-state index contributed by atoms with van der Waals surface area (Å²) in [6.07, 6.45) is 3.68. The minimum Gasteiger partial charge on any atom is -0.497 e. The Morgan fingerprint density at radius 1 is 1.17 bits per heavy atom. The van der Waals surface area contributed by atoms with Crippen molar-refractivity contribution in [2.75, 3.05) is 20.3 Å². The fourth-order valence-electron chi connectivity index (χ4n) is 2.90. The monoisotopic (exact) mass is 247 g/mol. The summed E-state index contributed by atoms with van der Waals surface area (Å²) in [5.41, 5.74) is 1.44. The van der Waals surface area contributed by atoms with Gasteiger partial charge >= 0.3 is 0 Å². The number of nitrogens with one attached hydrogen (secondary N) is 1. The highest BCUT2D eigenvalue weighted by Gasteiger charge is 2.32. The fourth-order valence-corrected chi connectivity index (χ4v) is 2.90. The lowest BCUT2D eigenvalue weighted by atomic mass is 9.75. The Labute approximate surface area is 108 Å². The molecule has 1 N–H and O–H groups in total. The summed E-state index contributed by atoms with van der Waals surface area (Å²) in [7, 11) is 1.71. The van der Waals surface area contributed by atoms with Gasteiger partial charge in [0.05, 0.1) is 13.7 Å². The molecule has 2 fully saturated rings. The van der Waals surface area contributed by atoms with Crippen LogP contribution in [0, 0.1) is 0 Å². The molecular formula is C15H21NO2. The summed E-state index contributed by atoms with van der Waals surface area (Å²) < 4.78 is 10.6. The molecule has 1 saturated heterocycles. The lowest BCUT2D eigenvalue weighted by Gasteiger charge is -2.38. The summed E-state index contributed by atoms with van der Waals surface area (Å²) in [5, 5.41) is 3.69. The first-order chi connectivity index (χ1) is 8.85. The van der Waals surface area contributed by atoms with E-state index in [-0.39, 0.29) is 0 Å². The molecule has 3 rings (SSSR count). The Balaban J connectivity index is 1.48. The first-order valence-electron chi connectivity index (χ1n) is 6.83. The van der Waals surface area contributed by atoms with Crippen LogP contribution in [-0.4, -0.2) is 32.4 Å². The van der Waals surface area contributed by atoms with Crippen LogP contribution in [0.2, 0.25) is 0 Å². The van der Waals surface area contributed by atoms with Gasteiger partial charge in [-0.1, -0.05) is 12.1 Å². The molecular weight excluding hydrogens is 226 g/mol. The molecule has 1 atom stereocenters. The zero-order chi connectivity index (χ0) is 12.4. The molecule has 98 valence electrons. The summed E-state index contributed by atoms with van der Waals surface area (Å²) in [5.74, 6) is 1.66. The molecule has 2 aliphatic rings. The summed E-state index contributed by atoms with van der Waals surface area (Å²) in [6, 6.07) is 9.77. The average molecular weight is 247 g/mol. The van der Waals surface area contributed by atoms with Crippen LogP contribution >= 0.6 is 0 Å². The molecule has 18 heavy (non-hydrogen) atoms. The number of methoxy groups -OCH3 is 1. The minimum absolute atomic E-state index is 0.590. The molecule has 1 heterocycles. The molecule has 1 aliphatic carbocycles. The minimum atomic E-state index is 0.590. The average Bonchev–Trinajstić information content (AvgIpc) is 2.86.